The first kappa shape index (κ1) is 12.3. The van der Waals surface area contributed by atoms with Gasteiger partial charge in [0.05, 0.1) is 6.61 Å². The maximum atomic E-state index is 12.7. The summed E-state index contributed by atoms with van der Waals surface area (Å²) in [6.07, 6.45) is 1.63. The number of halogens is 1. The predicted octanol–water partition coefficient (Wildman–Crippen LogP) is 2.63. The fourth-order valence-electron chi connectivity index (χ4n) is 1.44. The first-order valence-electron chi connectivity index (χ1n) is 5.72. The Kier molecular flexibility index (Phi) is 4.06. The molecule has 0 saturated carbocycles. The molecule has 0 unspecified atom stereocenters. The van der Waals surface area contributed by atoms with Gasteiger partial charge in [-0.05, 0) is 24.6 Å². The molecule has 0 saturated heterocycles. The van der Waals surface area contributed by atoms with E-state index >= 15 is 0 Å². The monoisotopic (exact) mass is 247 g/mol. The molecule has 2 aromatic rings. The zero-order valence-corrected chi connectivity index (χ0v) is 10.1. The molecule has 0 aliphatic rings. The van der Waals surface area contributed by atoms with Crippen LogP contribution in [0.25, 0.3) is 0 Å². The van der Waals surface area contributed by atoms with E-state index in [0.717, 1.165) is 5.56 Å². The fraction of sp³-hybridized carbons (Fsp3) is 0.231. The third-order valence-corrected chi connectivity index (χ3v) is 2.29. The summed E-state index contributed by atoms with van der Waals surface area (Å²) < 4.78 is 18.0. The summed E-state index contributed by atoms with van der Waals surface area (Å²) in [4.78, 5) is 8.25. The Morgan fingerprint density at radius 3 is 2.72 bits per heavy atom. The standard InChI is InChI=1S/C13H14FN3O/c1-2-18-12-7-8-15-13(17-12)16-9-10-3-5-11(14)6-4-10/h3-8H,2,9H2,1H3,(H,15,16,17). The molecule has 0 atom stereocenters. The van der Waals surface area contributed by atoms with Gasteiger partial charge in [0.25, 0.3) is 0 Å². The second-order valence-electron chi connectivity index (χ2n) is 3.63. The largest absolute Gasteiger partial charge is 0.478 e. The third-order valence-electron chi connectivity index (χ3n) is 2.29. The number of rotatable bonds is 5. The Labute approximate surface area is 105 Å². The second kappa shape index (κ2) is 5.95. The van der Waals surface area contributed by atoms with Gasteiger partial charge in [-0.25, -0.2) is 9.37 Å². The van der Waals surface area contributed by atoms with E-state index in [0.29, 0.717) is 25.0 Å². The summed E-state index contributed by atoms with van der Waals surface area (Å²) in [5.74, 6) is 0.785. The smallest absolute Gasteiger partial charge is 0.226 e. The first-order chi connectivity index (χ1) is 8.78. The van der Waals surface area contributed by atoms with Crippen LogP contribution in [-0.2, 0) is 6.54 Å². The number of hydrogen-bond donors (Lipinski definition) is 1. The van der Waals surface area contributed by atoms with Gasteiger partial charge in [-0.15, -0.1) is 0 Å². The van der Waals surface area contributed by atoms with Crippen LogP contribution in [0.2, 0.25) is 0 Å². The van der Waals surface area contributed by atoms with E-state index in [1.54, 1.807) is 24.4 Å². The molecule has 4 nitrogen and oxygen atoms in total. The van der Waals surface area contributed by atoms with Crippen molar-refractivity contribution in [2.45, 2.75) is 13.5 Å². The molecule has 0 fully saturated rings. The third kappa shape index (κ3) is 3.41. The SMILES string of the molecule is CCOc1ccnc(NCc2ccc(F)cc2)n1. The minimum atomic E-state index is -0.242. The molecule has 2 rings (SSSR count). The number of hydrogen-bond acceptors (Lipinski definition) is 4. The molecule has 5 heteroatoms. The molecule has 0 aliphatic heterocycles. The molecule has 0 aliphatic carbocycles. The fourth-order valence-corrected chi connectivity index (χ4v) is 1.44. The topological polar surface area (TPSA) is 47.0 Å². The lowest BCUT2D eigenvalue weighted by Crippen LogP contribution is -2.04. The normalized spacial score (nSPS) is 10.1. The second-order valence-corrected chi connectivity index (χ2v) is 3.63. The van der Waals surface area contributed by atoms with Crippen LogP contribution in [0.3, 0.4) is 0 Å². The van der Waals surface area contributed by atoms with Crippen molar-refractivity contribution in [1.82, 2.24) is 9.97 Å². The quantitative estimate of drug-likeness (QED) is 0.882. The highest BCUT2D eigenvalue weighted by Gasteiger charge is 2.00. The predicted molar refractivity (Wildman–Crippen MR) is 66.9 cm³/mol. The van der Waals surface area contributed by atoms with Crippen LogP contribution in [0.4, 0.5) is 10.3 Å². The summed E-state index contributed by atoms with van der Waals surface area (Å²) in [6, 6.07) is 7.99. The van der Waals surface area contributed by atoms with Gasteiger partial charge in [0.15, 0.2) is 0 Å². The Bertz CT molecular complexity index is 502. The minimum Gasteiger partial charge on any atom is -0.478 e. The molecule has 94 valence electrons. The maximum Gasteiger partial charge on any atom is 0.226 e. The van der Waals surface area contributed by atoms with Crippen LogP contribution < -0.4 is 10.1 Å². The molecule has 1 heterocycles. The van der Waals surface area contributed by atoms with Crippen molar-refractivity contribution in [1.29, 1.82) is 0 Å². The van der Waals surface area contributed by atoms with E-state index in [9.17, 15) is 4.39 Å². The van der Waals surface area contributed by atoms with Gasteiger partial charge in [-0.3, -0.25) is 0 Å². The van der Waals surface area contributed by atoms with Gasteiger partial charge in [0, 0.05) is 18.8 Å². The van der Waals surface area contributed by atoms with Crippen LogP contribution in [0.5, 0.6) is 5.88 Å². The first-order valence-corrected chi connectivity index (χ1v) is 5.72. The van der Waals surface area contributed by atoms with E-state index in [-0.39, 0.29) is 5.82 Å². The maximum absolute atomic E-state index is 12.7. The number of nitrogens with zero attached hydrogens (tertiary/aromatic N) is 2. The number of ether oxygens (including phenoxy) is 1. The van der Waals surface area contributed by atoms with Crippen molar-refractivity contribution in [3.63, 3.8) is 0 Å². The molecule has 18 heavy (non-hydrogen) atoms. The minimum absolute atomic E-state index is 0.242. The van der Waals surface area contributed by atoms with Crippen LogP contribution in [0, 0.1) is 5.82 Å². The summed E-state index contributed by atoms with van der Waals surface area (Å²) in [5.41, 5.74) is 0.960. The average molecular weight is 247 g/mol. The number of aromatic nitrogens is 2. The lowest BCUT2D eigenvalue weighted by atomic mass is 10.2. The average Bonchev–Trinajstić information content (AvgIpc) is 2.39. The van der Waals surface area contributed by atoms with Crippen molar-refractivity contribution in [3.05, 3.63) is 47.9 Å². The highest BCUT2D eigenvalue weighted by molar-refractivity contribution is 5.29. The van der Waals surface area contributed by atoms with Crippen molar-refractivity contribution in [2.75, 3.05) is 11.9 Å². The number of anilines is 1. The van der Waals surface area contributed by atoms with Gasteiger partial charge < -0.3 is 10.1 Å². The van der Waals surface area contributed by atoms with E-state index in [1.807, 2.05) is 6.92 Å². The molecule has 0 spiro atoms. The van der Waals surface area contributed by atoms with E-state index < -0.39 is 0 Å². The summed E-state index contributed by atoms with van der Waals surface area (Å²) in [7, 11) is 0. The summed E-state index contributed by atoms with van der Waals surface area (Å²) in [5, 5.41) is 3.05. The van der Waals surface area contributed by atoms with Crippen molar-refractivity contribution < 1.29 is 9.13 Å². The zero-order valence-electron chi connectivity index (χ0n) is 10.1. The summed E-state index contributed by atoms with van der Waals surface area (Å²) in [6.45, 7) is 3.00. The molecule has 1 aromatic heterocycles. The highest BCUT2D eigenvalue weighted by Crippen LogP contribution is 2.10. The molecular formula is C13H14FN3O. The van der Waals surface area contributed by atoms with Gasteiger partial charge in [-0.2, -0.15) is 4.98 Å². The molecule has 1 aromatic carbocycles. The van der Waals surface area contributed by atoms with Gasteiger partial charge in [-0.1, -0.05) is 12.1 Å². The van der Waals surface area contributed by atoms with Gasteiger partial charge >= 0.3 is 0 Å². The molecular weight excluding hydrogens is 233 g/mol. The van der Waals surface area contributed by atoms with Crippen molar-refractivity contribution in [2.24, 2.45) is 0 Å². The van der Waals surface area contributed by atoms with Crippen LogP contribution in [-0.4, -0.2) is 16.6 Å². The van der Waals surface area contributed by atoms with Crippen LogP contribution >= 0.6 is 0 Å². The van der Waals surface area contributed by atoms with E-state index in [4.69, 9.17) is 4.74 Å². The lowest BCUT2D eigenvalue weighted by Gasteiger charge is -2.06. The van der Waals surface area contributed by atoms with Crippen molar-refractivity contribution in [3.8, 4) is 5.88 Å². The number of benzene rings is 1. The molecule has 1 N–H and O–H groups in total. The zero-order chi connectivity index (χ0) is 12.8. The highest BCUT2D eigenvalue weighted by atomic mass is 19.1. The molecule has 0 radical (unpaired) electrons. The number of nitrogens with one attached hydrogen (secondary N) is 1. The van der Waals surface area contributed by atoms with Crippen molar-refractivity contribution >= 4 is 5.95 Å². The van der Waals surface area contributed by atoms with Crippen LogP contribution in [0.15, 0.2) is 36.5 Å². The van der Waals surface area contributed by atoms with E-state index in [1.165, 1.54) is 12.1 Å². The lowest BCUT2D eigenvalue weighted by molar-refractivity contribution is 0.326. The Morgan fingerprint density at radius 1 is 1.22 bits per heavy atom. The van der Waals surface area contributed by atoms with Gasteiger partial charge in [0.2, 0.25) is 11.8 Å². The molecule has 0 amide bonds. The van der Waals surface area contributed by atoms with Gasteiger partial charge in [0.1, 0.15) is 5.82 Å². The van der Waals surface area contributed by atoms with Crippen LogP contribution in [0.1, 0.15) is 12.5 Å². The Balaban J connectivity index is 1.97. The van der Waals surface area contributed by atoms with E-state index in [2.05, 4.69) is 15.3 Å². The Hall–Kier alpha value is -2.17. The molecule has 0 bridgehead atoms. The summed E-state index contributed by atoms with van der Waals surface area (Å²) >= 11 is 0. The Morgan fingerprint density at radius 2 is 2.00 bits per heavy atom.